The lowest BCUT2D eigenvalue weighted by Crippen LogP contribution is -2.31. The maximum atomic E-state index is 9.20. The van der Waals surface area contributed by atoms with Gasteiger partial charge in [-0.05, 0) is 19.3 Å². The largest absolute Gasteiger partial charge is 0.396 e. The van der Waals surface area contributed by atoms with Gasteiger partial charge in [-0.1, -0.05) is 27.7 Å². The summed E-state index contributed by atoms with van der Waals surface area (Å²) in [4.78, 5) is 0. The van der Waals surface area contributed by atoms with Gasteiger partial charge in [0.25, 0.3) is 0 Å². The minimum absolute atomic E-state index is 0.0468. The molecule has 0 bridgehead atoms. The van der Waals surface area contributed by atoms with Crippen molar-refractivity contribution < 1.29 is 24.1 Å². The Labute approximate surface area is 135 Å². The van der Waals surface area contributed by atoms with Gasteiger partial charge in [0, 0.05) is 17.4 Å². The summed E-state index contributed by atoms with van der Waals surface area (Å²) >= 11 is 0. The van der Waals surface area contributed by atoms with Crippen molar-refractivity contribution in [3.05, 3.63) is 0 Å². The predicted octanol–water partition coefficient (Wildman–Crippen LogP) is 2.61. The SMILES string of the molecule is CC(C)(CO)COCC(C)(C)COCCOC1CCCCO1. The molecule has 1 unspecified atom stereocenters. The third kappa shape index (κ3) is 9.06. The summed E-state index contributed by atoms with van der Waals surface area (Å²) in [5.74, 6) is 0. The molecule has 1 rings (SSSR count). The summed E-state index contributed by atoms with van der Waals surface area (Å²) in [5, 5.41) is 9.20. The second kappa shape index (κ2) is 9.83. The fourth-order valence-corrected chi connectivity index (χ4v) is 2.12. The zero-order chi connectivity index (χ0) is 16.5. The molecule has 1 saturated heterocycles. The molecule has 0 aliphatic carbocycles. The Bertz CT molecular complexity index is 285. The number of ether oxygens (including phenoxy) is 4. The van der Waals surface area contributed by atoms with E-state index in [1.165, 1.54) is 6.42 Å². The van der Waals surface area contributed by atoms with E-state index in [0.717, 1.165) is 19.4 Å². The lowest BCUT2D eigenvalue weighted by molar-refractivity contribution is -0.170. The van der Waals surface area contributed by atoms with Crippen LogP contribution < -0.4 is 0 Å². The van der Waals surface area contributed by atoms with E-state index in [1.807, 2.05) is 13.8 Å². The zero-order valence-corrected chi connectivity index (χ0v) is 14.7. The summed E-state index contributed by atoms with van der Waals surface area (Å²) < 4.78 is 22.5. The zero-order valence-electron chi connectivity index (χ0n) is 14.7. The molecule has 1 heterocycles. The van der Waals surface area contributed by atoms with Crippen molar-refractivity contribution in [1.29, 1.82) is 0 Å². The van der Waals surface area contributed by atoms with Crippen molar-refractivity contribution in [1.82, 2.24) is 0 Å². The number of aliphatic hydroxyl groups is 1. The van der Waals surface area contributed by atoms with Crippen LogP contribution in [-0.4, -0.2) is 57.6 Å². The lowest BCUT2D eigenvalue weighted by atomic mass is 9.94. The van der Waals surface area contributed by atoms with Crippen LogP contribution in [0.25, 0.3) is 0 Å². The van der Waals surface area contributed by atoms with E-state index in [2.05, 4.69) is 13.8 Å². The van der Waals surface area contributed by atoms with Crippen LogP contribution in [0.15, 0.2) is 0 Å². The minimum Gasteiger partial charge on any atom is -0.396 e. The van der Waals surface area contributed by atoms with Crippen molar-refractivity contribution in [2.24, 2.45) is 10.8 Å². The molecule has 1 fully saturated rings. The van der Waals surface area contributed by atoms with Crippen molar-refractivity contribution in [2.75, 3.05) is 46.2 Å². The van der Waals surface area contributed by atoms with E-state index in [9.17, 15) is 5.11 Å². The molecule has 1 atom stereocenters. The van der Waals surface area contributed by atoms with Gasteiger partial charge in [0.05, 0.1) is 39.6 Å². The molecule has 1 aliphatic rings. The summed E-state index contributed by atoms with van der Waals surface area (Å²) in [5.41, 5.74) is -0.238. The van der Waals surface area contributed by atoms with Crippen LogP contribution in [0.3, 0.4) is 0 Å². The second-order valence-corrected chi connectivity index (χ2v) is 7.70. The number of hydrogen-bond donors (Lipinski definition) is 1. The third-order valence-electron chi connectivity index (χ3n) is 3.58. The molecule has 0 aromatic rings. The van der Waals surface area contributed by atoms with Gasteiger partial charge in [0.15, 0.2) is 6.29 Å². The first-order chi connectivity index (χ1) is 10.3. The summed E-state index contributed by atoms with van der Waals surface area (Å²) in [6, 6.07) is 0. The highest BCUT2D eigenvalue weighted by Gasteiger charge is 2.22. The maximum Gasteiger partial charge on any atom is 0.157 e. The molecular formula is C17H34O5. The van der Waals surface area contributed by atoms with Gasteiger partial charge in [-0.25, -0.2) is 0 Å². The lowest BCUT2D eigenvalue weighted by Gasteiger charge is -2.28. The van der Waals surface area contributed by atoms with Gasteiger partial charge in [-0.3, -0.25) is 0 Å². The molecule has 0 aromatic heterocycles. The van der Waals surface area contributed by atoms with E-state index in [4.69, 9.17) is 18.9 Å². The Hall–Kier alpha value is -0.200. The number of rotatable bonds is 11. The maximum absolute atomic E-state index is 9.20. The van der Waals surface area contributed by atoms with E-state index < -0.39 is 0 Å². The van der Waals surface area contributed by atoms with Crippen molar-refractivity contribution in [3.63, 3.8) is 0 Å². The Morgan fingerprint density at radius 3 is 2.27 bits per heavy atom. The van der Waals surface area contributed by atoms with Crippen LogP contribution in [0, 0.1) is 10.8 Å². The van der Waals surface area contributed by atoms with Crippen molar-refractivity contribution >= 4 is 0 Å². The van der Waals surface area contributed by atoms with Gasteiger partial charge in [-0.2, -0.15) is 0 Å². The minimum atomic E-state index is -0.190. The first kappa shape index (κ1) is 19.8. The van der Waals surface area contributed by atoms with Crippen LogP contribution in [0.4, 0.5) is 0 Å². The summed E-state index contributed by atoms with van der Waals surface area (Å²) in [6.45, 7) is 12.1. The average molecular weight is 318 g/mol. The van der Waals surface area contributed by atoms with Gasteiger partial charge in [0.1, 0.15) is 0 Å². The normalized spacial score (nSPS) is 20.3. The molecule has 0 saturated carbocycles. The number of aliphatic hydroxyl groups excluding tert-OH is 1. The topological polar surface area (TPSA) is 57.2 Å². The van der Waals surface area contributed by atoms with Gasteiger partial charge in [0.2, 0.25) is 0 Å². The van der Waals surface area contributed by atoms with Crippen LogP contribution >= 0.6 is 0 Å². The molecule has 0 amide bonds. The van der Waals surface area contributed by atoms with Crippen molar-refractivity contribution in [3.8, 4) is 0 Å². The first-order valence-electron chi connectivity index (χ1n) is 8.34. The van der Waals surface area contributed by atoms with E-state index >= 15 is 0 Å². The van der Waals surface area contributed by atoms with E-state index in [-0.39, 0.29) is 23.7 Å². The van der Waals surface area contributed by atoms with Crippen LogP contribution in [0.2, 0.25) is 0 Å². The van der Waals surface area contributed by atoms with Crippen LogP contribution in [0.5, 0.6) is 0 Å². The monoisotopic (exact) mass is 318 g/mol. The summed E-state index contributed by atoms with van der Waals surface area (Å²) in [6.07, 6.45) is 3.26. The first-order valence-corrected chi connectivity index (χ1v) is 8.34. The molecule has 22 heavy (non-hydrogen) atoms. The van der Waals surface area contributed by atoms with Crippen LogP contribution in [0.1, 0.15) is 47.0 Å². The molecule has 5 heteroatoms. The molecule has 132 valence electrons. The Balaban J connectivity index is 2.04. The molecule has 1 N–H and O–H groups in total. The fraction of sp³-hybridized carbons (Fsp3) is 1.00. The molecule has 0 aromatic carbocycles. The fourth-order valence-electron chi connectivity index (χ4n) is 2.12. The Kier molecular flexibility index (Phi) is 8.87. The van der Waals surface area contributed by atoms with Crippen LogP contribution in [-0.2, 0) is 18.9 Å². The van der Waals surface area contributed by atoms with Gasteiger partial charge in [-0.15, -0.1) is 0 Å². The Morgan fingerprint density at radius 1 is 0.955 bits per heavy atom. The van der Waals surface area contributed by atoms with Gasteiger partial charge >= 0.3 is 0 Å². The highest BCUT2D eigenvalue weighted by atomic mass is 16.7. The molecular weight excluding hydrogens is 284 g/mol. The summed E-state index contributed by atoms with van der Waals surface area (Å²) in [7, 11) is 0. The third-order valence-corrected chi connectivity index (χ3v) is 3.58. The molecule has 1 aliphatic heterocycles. The Morgan fingerprint density at radius 2 is 1.64 bits per heavy atom. The smallest absolute Gasteiger partial charge is 0.157 e. The van der Waals surface area contributed by atoms with E-state index in [1.54, 1.807) is 0 Å². The quantitative estimate of drug-likeness (QED) is 0.593. The highest BCUT2D eigenvalue weighted by Crippen LogP contribution is 2.20. The average Bonchev–Trinajstić information content (AvgIpc) is 2.47. The number of hydrogen-bond acceptors (Lipinski definition) is 5. The molecule has 0 radical (unpaired) electrons. The van der Waals surface area contributed by atoms with Gasteiger partial charge < -0.3 is 24.1 Å². The standard InChI is InChI=1S/C17H34O5/c1-16(2,11-18)12-20-14-17(3,4)13-19-9-10-22-15-7-5-6-8-21-15/h15,18H,5-14H2,1-4H3. The predicted molar refractivity (Wildman–Crippen MR) is 85.8 cm³/mol. The highest BCUT2D eigenvalue weighted by molar-refractivity contribution is 4.70. The second-order valence-electron chi connectivity index (χ2n) is 7.70. The molecule has 5 nitrogen and oxygen atoms in total. The van der Waals surface area contributed by atoms with E-state index in [0.29, 0.717) is 33.0 Å². The van der Waals surface area contributed by atoms with Crippen molar-refractivity contribution in [2.45, 2.75) is 53.2 Å². The molecule has 0 spiro atoms.